The number of aliphatic hydroxyl groups excluding tert-OH is 1. The second-order valence-corrected chi connectivity index (χ2v) is 6.36. The van der Waals surface area contributed by atoms with Crippen molar-refractivity contribution in [3.8, 4) is 0 Å². The predicted octanol–water partition coefficient (Wildman–Crippen LogP) is 2.87. The number of benzene rings is 2. The maximum Gasteiger partial charge on any atom is 0.261 e. The van der Waals surface area contributed by atoms with Crippen LogP contribution in [0.25, 0.3) is 0 Å². The topological polar surface area (TPSA) is 74.7 Å². The maximum absolute atomic E-state index is 12.5. The molecule has 2 amide bonds. The van der Waals surface area contributed by atoms with Crippen molar-refractivity contribution in [3.63, 3.8) is 0 Å². The van der Waals surface area contributed by atoms with Gasteiger partial charge in [-0.25, -0.2) is 0 Å². The molecule has 2 aromatic carbocycles. The monoisotopic (exact) mass is 357 g/mol. The zero-order valence-electron chi connectivity index (χ0n) is 13.5. The molecule has 128 valence electrons. The standard InChI is InChI=1S/C19H16ClNO4/c1-11(22)15(17(23)14-8-4-5-9-16(14)20)10-21-18(24)12-6-2-3-7-13(12)19(21)25/h2-9,15,17,23H,10H2,1H3/t15-,17-/m1/s1. The first-order chi connectivity index (χ1) is 11.9. The molecule has 3 rings (SSSR count). The number of nitrogens with zero attached hydrogens (tertiary/aromatic N) is 1. The van der Waals surface area contributed by atoms with Gasteiger partial charge in [0.2, 0.25) is 0 Å². The SMILES string of the molecule is CC(=O)[C@@H](CN1C(=O)c2ccccc2C1=O)[C@H](O)c1ccccc1Cl. The number of fused-ring (bicyclic) bond motifs is 1. The van der Waals surface area contributed by atoms with Gasteiger partial charge in [-0.05, 0) is 30.7 Å². The Bertz CT molecular complexity index is 829. The normalized spacial score (nSPS) is 15.9. The third-order valence-corrected chi connectivity index (χ3v) is 4.73. The number of imide groups is 1. The van der Waals surface area contributed by atoms with Crippen LogP contribution in [0.2, 0.25) is 5.02 Å². The van der Waals surface area contributed by atoms with Crippen LogP contribution in [0.15, 0.2) is 48.5 Å². The van der Waals surface area contributed by atoms with E-state index in [1.54, 1.807) is 48.5 Å². The molecule has 0 radical (unpaired) electrons. The predicted molar refractivity (Wildman–Crippen MR) is 92.4 cm³/mol. The van der Waals surface area contributed by atoms with E-state index in [2.05, 4.69) is 0 Å². The molecule has 0 fully saturated rings. The Kier molecular flexibility index (Phi) is 4.70. The molecule has 1 aliphatic rings. The number of ketones is 1. The van der Waals surface area contributed by atoms with E-state index < -0.39 is 23.8 Å². The van der Waals surface area contributed by atoms with E-state index in [-0.39, 0.29) is 12.3 Å². The van der Waals surface area contributed by atoms with Crippen LogP contribution in [0.1, 0.15) is 39.3 Å². The maximum atomic E-state index is 12.5. The molecule has 6 heteroatoms. The van der Waals surface area contributed by atoms with Crippen LogP contribution >= 0.6 is 11.6 Å². The Labute approximate surface area is 149 Å². The number of carbonyl (C=O) groups is 3. The van der Waals surface area contributed by atoms with E-state index in [0.29, 0.717) is 21.7 Å². The smallest absolute Gasteiger partial charge is 0.261 e. The van der Waals surface area contributed by atoms with Crippen molar-refractivity contribution in [2.45, 2.75) is 13.0 Å². The van der Waals surface area contributed by atoms with Crippen LogP contribution in [0.5, 0.6) is 0 Å². The van der Waals surface area contributed by atoms with Gasteiger partial charge in [-0.1, -0.05) is 41.9 Å². The minimum atomic E-state index is -1.21. The van der Waals surface area contributed by atoms with Gasteiger partial charge in [0.25, 0.3) is 11.8 Å². The van der Waals surface area contributed by atoms with Crippen molar-refractivity contribution in [3.05, 3.63) is 70.2 Å². The summed E-state index contributed by atoms with van der Waals surface area (Å²) in [6, 6.07) is 13.1. The molecule has 25 heavy (non-hydrogen) atoms. The average Bonchev–Trinajstić information content (AvgIpc) is 2.84. The lowest BCUT2D eigenvalue weighted by atomic mass is 9.92. The molecule has 1 heterocycles. The number of halogens is 1. The van der Waals surface area contributed by atoms with Gasteiger partial charge in [-0.2, -0.15) is 0 Å². The number of Topliss-reactive ketones (excluding diaryl/α,β-unsaturated/α-hetero) is 1. The molecular formula is C19H16ClNO4. The van der Waals surface area contributed by atoms with Gasteiger partial charge in [0.1, 0.15) is 5.78 Å². The first-order valence-corrected chi connectivity index (χ1v) is 8.17. The van der Waals surface area contributed by atoms with Crippen LogP contribution < -0.4 is 0 Å². The summed E-state index contributed by atoms with van der Waals surface area (Å²) in [5, 5.41) is 10.9. The van der Waals surface area contributed by atoms with Crippen LogP contribution in [0.4, 0.5) is 0 Å². The van der Waals surface area contributed by atoms with E-state index in [4.69, 9.17) is 11.6 Å². The fourth-order valence-corrected chi connectivity index (χ4v) is 3.23. The minimum absolute atomic E-state index is 0.200. The summed E-state index contributed by atoms with van der Waals surface area (Å²) in [5.74, 6) is -2.21. The van der Waals surface area contributed by atoms with E-state index in [1.807, 2.05) is 0 Å². The van der Waals surface area contributed by atoms with Crippen molar-refractivity contribution < 1.29 is 19.5 Å². The molecule has 0 aromatic heterocycles. The van der Waals surface area contributed by atoms with Crippen molar-refractivity contribution in [2.75, 3.05) is 6.54 Å². The van der Waals surface area contributed by atoms with Gasteiger partial charge in [0.05, 0.1) is 23.1 Å². The van der Waals surface area contributed by atoms with Gasteiger partial charge >= 0.3 is 0 Å². The number of carbonyl (C=O) groups excluding carboxylic acids is 3. The highest BCUT2D eigenvalue weighted by Gasteiger charge is 2.39. The lowest BCUT2D eigenvalue weighted by Crippen LogP contribution is -2.39. The Morgan fingerprint density at radius 2 is 1.56 bits per heavy atom. The van der Waals surface area contributed by atoms with E-state index in [1.165, 1.54) is 6.92 Å². The second kappa shape index (κ2) is 6.78. The molecule has 0 saturated heterocycles. The van der Waals surface area contributed by atoms with Gasteiger partial charge < -0.3 is 5.11 Å². The number of rotatable bonds is 5. The summed E-state index contributed by atoms with van der Waals surface area (Å²) in [4.78, 5) is 38.1. The van der Waals surface area contributed by atoms with Crippen LogP contribution in [-0.2, 0) is 4.79 Å². The quantitative estimate of drug-likeness (QED) is 0.835. The minimum Gasteiger partial charge on any atom is -0.388 e. The van der Waals surface area contributed by atoms with E-state index in [0.717, 1.165) is 4.90 Å². The number of aliphatic hydroxyl groups is 1. The molecule has 1 N–H and O–H groups in total. The van der Waals surface area contributed by atoms with E-state index in [9.17, 15) is 19.5 Å². The summed E-state index contributed by atoms with van der Waals surface area (Å²) in [7, 11) is 0. The van der Waals surface area contributed by atoms with Crippen LogP contribution in [-0.4, -0.2) is 34.1 Å². The molecule has 2 aromatic rings. The molecule has 5 nitrogen and oxygen atoms in total. The molecule has 1 aliphatic heterocycles. The molecule has 2 atom stereocenters. The molecule has 0 saturated carbocycles. The summed E-state index contributed by atoms with van der Waals surface area (Å²) in [5.41, 5.74) is 1.00. The summed E-state index contributed by atoms with van der Waals surface area (Å²) < 4.78 is 0. The van der Waals surface area contributed by atoms with Gasteiger partial charge in [0.15, 0.2) is 0 Å². The van der Waals surface area contributed by atoms with Crippen molar-refractivity contribution in [1.29, 1.82) is 0 Å². The summed E-state index contributed by atoms with van der Waals surface area (Å²) >= 11 is 6.10. The lowest BCUT2D eigenvalue weighted by Gasteiger charge is -2.25. The third-order valence-electron chi connectivity index (χ3n) is 4.38. The lowest BCUT2D eigenvalue weighted by molar-refractivity contribution is -0.124. The average molecular weight is 358 g/mol. The first-order valence-electron chi connectivity index (χ1n) is 7.80. The Morgan fingerprint density at radius 3 is 2.08 bits per heavy atom. The molecule has 0 spiro atoms. The summed E-state index contributed by atoms with van der Waals surface area (Å²) in [6.45, 7) is 1.12. The fourth-order valence-electron chi connectivity index (χ4n) is 2.98. The third kappa shape index (κ3) is 3.08. The fraction of sp³-hybridized carbons (Fsp3) is 0.211. The van der Waals surface area contributed by atoms with Crippen LogP contribution in [0, 0.1) is 5.92 Å². The zero-order chi connectivity index (χ0) is 18.1. The van der Waals surface area contributed by atoms with Crippen molar-refractivity contribution in [1.82, 2.24) is 4.90 Å². The first kappa shape index (κ1) is 17.3. The summed E-state index contributed by atoms with van der Waals surface area (Å²) in [6.07, 6.45) is -1.21. The van der Waals surface area contributed by atoms with Crippen LogP contribution in [0.3, 0.4) is 0 Å². The highest BCUT2D eigenvalue weighted by Crippen LogP contribution is 2.31. The molecule has 0 aliphatic carbocycles. The highest BCUT2D eigenvalue weighted by molar-refractivity contribution is 6.31. The van der Waals surface area contributed by atoms with Gasteiger partial charge in [-0.3, -0.25) is 19.3 Å². The van der Waals surface area contributed by atoms with Gasteiger partial charge in [-0.15, -0.1) is 0 Å². The van der Waals surface area contributed by atoms with E-state index >= 15 is 0 Å². The van der Waals surface area contributed by atoms with Gasteiger partial charge in [0, 0.05) is 11.6 Å². The van der Waals surface area contributed by atoms with Crippen molar-refractivity contribution in [2.24, 2.45) is 5.92 Å². The second-order valence-electron chi connectivity index (χ2n) is 5.95. The Morgan fingerprint density at radius 1 is 1.04 bits per heavy atom. The number of hydrogen-bond donors (Lipinski definition) is 1. The molecular weight excluding hydrogens is 342 g/mol. The molecule has 0 bridgehead atoms. The largest absolute Gasteiger partial charge is 0.388 e. The Balaban J connectivity index is 1.89. The molecule has 0 unspecified atom stereocenters. The Hall–Kier alpha value is -2.50. The number of hydrogen-bond acceptors (Lipinski definition) is 4. The zero-order valence-corrected chi connectivity index (χ0v) is 14.2. The highest BCUT2D eigenvalue weighted by atomic mass is 35.5. The number of amides is 2. The van der Waals surface area contributed by atoms with Crippen molar-refractivity contribution >= 4 is 29.2 Å².